The first-order valence-electron chi connectivity index (χ1n) is 13.6. The Balaban J connectivity index is 1.16. The smallest absolute Gasteiger partial charge is 0.319 e. The number of anilines is 1. The highest BCUT2D eigenvalue weighted by Gasteiger charge is 2.12. The number of likely N-dealkylation sites (tertiary alicyclic amines) is 1. The average Bonchev–Trinajstić information content (AvgIpc) is 2.96. The van der Waals surface area contributed by atoms with Crippen LogP contribution in [0.3, 0.4) is 0 Å². The molecule has 0 bridgehead atoms. The predicted molar refractivity (Wildman–Crippen MR) is 153 cm³/mol. The van der Waals surface area contributed by atoms with E-state index < -0.39 is 17.7 Å². The molecule has 1 heterocycles. The molecule has 1 aliphatic rings. The van der Waals surface area contributed by atoms with Gasteiger partial charge >= 0.3 is 6.03 Å². The Bertz CT molecular complexity index is 1420. The summed E-state index contributed by atoms with van der Waals surface area (Å²) in [5.41, 5.74) is 1.94. The number of benzene rings is 4. The lowest BCUT2D eigenvalue weighted by Gasteiger charge is -2.26. The molecule has 40 heavy (non-hydrogen) atoms. The van der Waals surface area contributed by atoms with Gasteiger partial charge in [0.05, 0.1) is 5.69 Å². The van der Waals surface area contributed by atoms with E-state index in [1.165, 1.54) is 31.4 Å². The van der Waals surface area contributed by atoms with Crippen LogP contribution in [0, 0.1) is 11.6 Å². The third-order valence-electron chi connectivity index (χ3n) is 6.95. The number of carbonyl (C=O) groups is 1. The Morgan fingerprint density at radius 3 is 2.27 bits per heavy atom. The zero-order valence-corrected chi connectivity index (χ0v) is 22.3. The van der Waals surface area contributed by atoms with Crippen LogP contribution in [0.2, 0.25) is 0 Å². The highest BCUT2D eigenvalue weighted by molar-refractivity contribution is 6.03. The fourth-order valence-corrected chi connectivity index (χ4v) is 4.89. The van der Waals surface area contributed by atoms with Crippen LogP contribution < -0.4 is 20.1 Å². The zero-order chi connectivity index (χ0) is 27.7. The second-order valence-corrected chi connectivity index (χ2v) is 9.93. The van der Waals surface area contributed by atoms with Crippen LogP contribution in [0.15, 0.2) is 78.9 Å². The fraction of sp³-hybridized carbons (Fsp3) is 0.281. The van der Waals surface area contributed by atoms with Crippen molar-refractivity contribution in [1.29, 1.82) is 0 Å². The molecule has 0 atom stereocenters. The van der Waals surface area contributed by atoms with Crippen LogP contribution in [0.1, 0.15) is 30.4 Å². The van der Waals surface area contributed by atoms with Gasteiger partial charge in [0.1, 0.15) is 36.3 Å². The van der Waals surface area contributed by atoms with Crippen LogP contribution in [0.4, 0.5) is 19.3 Å². The molecule has 6 nitrogen and oxygen atoms in total. The van der Waals surface area contributed by atoms with Gasteiger partial charge in [0, 0.05) is 29.9 Å². The van der Waals surface area contributed by atoms with E-state index in [2.05, 4.69) is 15.5 Å². The molecule has 8 heteroatoms. The van der Waals surface area contributed by atoms with E-state index in [1.807, 2.05) is 54.6 Å². The van der Waals surface area contributed by atoms with Crippen molar-refractivity contribution in [2.24, 2.45) is 0 Å². The number of fused-ring (bicyclic) bond motifs is 1. The molecular formula is C32H33F2N3O3. The molecule has 2 amide bonds. The van der Waals surface area contributed by atoms with Crippen molar-refractivity contribution in [2.75, 3.05) is 31.6 Å². The standard InChI is InChI=1S/C32H33F2N3O3/c33-25-18-24(19-26(34)20-25)21-35-32(38)36-30-12-13-31(29-7-3-2-6-28(29)30)40-22-23-8-10-27(11-9-23)39-17-16-37-14-4-1-5-15-37/h2-3,6-13,18-20H,1,4-5,14-17,21-22H2,(H2,35,36,38). The molecule has 4 aromatic carbocycles. The van der Waals surface area contributed by atoms with Crippen LogP contribution in [0.5, 0.6) is 11.5 Å². The minimum atomic E-state index is -0.689. The first-order valence-corrected chi connectivity index (χ1v) is 13.6. The summed E-state index contributed by atoms with van der Waals surface area (Å²) in [5.74, 6) is 0.165. The van der Waals surface area contributed by atoms with Gasteiger partial charge in [-0.05, 0) is 73.5 Å². The van der Waals surface area contributed by atoms with E-state index in [0.29, 0.717) is 30.2 Å². The van der Waals surface area contributed by atoms with Gasteiger partial charge in [-0.2, -0.15) is 0 Å². The Morgan fingerprint density at radius 1 is 0.800 bits per heavy atom. The lowest BCUT2D eigenvalue weighted by Crippen LogP contribution is -2.33. The summed E-state index contributed by atoms with van der Waals surface area (Å²) >= 11 is 0. The Kier molecular flexibility index (Phi) is 9.08. The molecule has 1 fully saturated rings. The molecule has 5 rings (SSSR count). The van der Waals surface area contributed by atoms with E-state index >= 15 is 0 Å². The third kappa shape index (κ3) is 7.48. The van der Waals surface area contributed by atoms with Crippen molar-refractivity contribution in [3.63, 3.8) is 0 Å². The molecule has 4 aromatic rings. The summed E-state index contributed by atoms with van der Waals surface area (Å²) < 4.78 is 38.9. The summed E-state index contributed by atoms with van der Waals surface area (Å²) in [6, 6.07) is 21.8. The average molecular weight is 546 g/mol. The van der Waals surface area contributed by atoms with Gasteiger partial charge in [-0.3, -0.25) is 4.90 Å². The second kappa shape index (κ2) is 13.3. The predicted octanol–water partition coefficient (Wildman–Crippen LogP) is 6.88. The van der Waals surface area contributed by atoms with E-state index in [0.717, 1.165) is 47.8 Å². The maximum Gasteiger partial charge on any atom is 0.319 e. The van der Waals surface area contributed by atoms with Crippen molar-refractivity contribution in [1.82, 2.24) is 10.2 Å². The third-order valence-corrected chi connectivity index (χ3v) is 6.95. The van der Waals surface area contributed by atoms with E-state index in [9.17, 15) is 13.6 Å². The summed E-state index contributed by atoms with van der Waals surface area (Å²) in [4.78, 5) is 15.0. The molecule has 0 aromatic heterocycles. The molecule has 1 aliphatic heterocycles. The minimum Gasteiger partial charge on any atom is -0.492 e. The number of carbonyl (C=O) groups excluding carboxylic acids is 1. The minimum absolute atomic E-state index is 0.0120. The molecule has 208 valence electrons. The van der Waals surface area contributed by atoms with Gasteiger partial charge < -0.3 is 20.1 Å². The maximum absolute atomic E-state index is 13.4. The van der Waals surface area contributed by atoms with Crippen molar-refractivity contribution in [2.45, 2.75) is 32.4 Å². The van der Waals surface area contributed by atoms with Crippen LogP contribution in [-0.4, -0.2) is 37.2 Å². The number of rotatable bonds is 10. The van der Waals surface area contributed by atoms with E-state index in [-0.39, 0.29) is 6.54 Å². The monoisotopic (exact) mass is 545 g/mol. The van der Waals surface area contributed by atoms with Crippen LogP contribution in [-0.2, 0) is 13.2 Å². The number of piperidine rings is 1. The van der Waals surface area contributed by atoms with Gasteiger partial charge in [-0.15, -0.1) is 0 Å². The summed E-state index contributed by atoms with van der Waals surface area (Å²) in [6.07, 6.45) is 3.89. The molecule has 2 N–H and O–H groups in total. The summed E-state index contributed by atoms with van der Waals surface area (Å²) in [7, 11) is 0. The molecule has 0 spiro atoms. The van der Waals surface area contributed by atoms with Gasteiger partial charge in [-0.25, -0.2) is 13.6 Å². The van der Waals surface area contributed by atoms with Crippen LogP contribution in [0.25, 0.3) is 10.8 Å². The highest BCUT2D eigenvalue weighted by atomic mass is 19.1. The topological polar surface area (TPSA) is 62.8 Å². The van der Waals surface area contributed by atoms with Crippen molar-refractivity contribution < 1.29 is 23.0 Å². The molecule has 1 saturated heterocycles. The number of amides is 2. The Labute approximate surface area is 232 Å². The van der Waals surface area contributed by atoms with Crippen molar-refractivity contribution in [3.05, 3.63) is 102 Å². The van der Waals surface area contributed by atoms with E-state index in [1.54, 1.807) is 6.07 Å². The SMILES string of the molecule is O=C(NCc1cc(F)cc(F)c1)Nc1ccc(OCc2ccc(OCCN3CCCCC3)cc2)c2ccccc12. The number of hydrogen-bond acceptors (Lipinski definition) is 4. The normalized spacial score (nSPS) is 13.7. The van der Waals surface area contributed by atoms with Gasteiger partial charge in [0.25, 0.3) is 0 Å². The van der Waals surface area contributed by atoms with Gasteiger partial charge in [0.15, 0.2) is 0 Å². The van der Waals surface area contributed by atoms with Gasteiger partial charge in [-0.1, -0.05) is 42.8 Å². The number of urea groups is 1. The Hall–Kier alpha value is -4.17. The van der Waals surface area contributed by atoms with Gasteiger partial charge in [0.2, 0.25) is 0 Å². The lowest BCUT2D eigenvalue weighted by molar-refractivity contribution is 0.183. The molecule has 0 saturated carbocycles. The number of ether oxygens (including phenoxy) is 2. The Morgan fingerprint density at radius 2 is 1.52 bits per heavy atom. The lowest BCUT2D eigenvalue weighted by atomic mass is 10.1. The maximum atomic E-state index is 13.4. The largest absolute Gasteiger partial charge is 0.492 e. The molecular weight excluding hydrogens is 512 g/mol. The fourth-order valence-electron chi connectivity index (χ4n) is 4.89. The van der Waals surface area contributed by atoms with Crippen LogP contribution >= 0.6 is 0 Å². The summed E-state index contributed by atoms with van der Waals surface area (Å²) in [5, 5.41) is 7.12. The quantitative estimate of drug-likeness (QED) is 0.228. The summed E-state index contributed by atoms with van der Waals surface area (Å²) in [6.45, 7) is 4.34. The first kappa shape index (κ1) is 27.4. The van der Waals surface area contributed by atoms with E-state index in [4.69, 9.17) is 9.47 Å². The molecule has 0 aliphatic carbocycles. The second-order valence-electron chi connectivity index (χ2n) is 9.93. The molecule has 0 unspecified atom stereocenters. The first-order chi connectivity index (χ1) is 19.5. The number of nitrogens with zero attached hydrogens (tertiary/aromatic N) is 1. The van der Waals surface area contributed by atoms with Crippen molar-refractivity contribution in [3.8, 4) is 11.5 Å². The zero-order valence-electron chi connectivity index (χ0n) is 22.3. The number of halogens is 2. The highest BCUT2D eigenvalue weighted by Crippen LogP contribution is 2.32. The molecule has 0 radical (unpaired) electrons. The number of nitrogens with one attached hydrogen (secondary N) is 2. The van der Waals surface area contributed by atoms with Crippen molar-refractivity contribution >= 4 is 22.5 Å². The number of hydrogen-bond donors (Lipinski definition) is 2.